The van der Waals surface area contributed by atoms with Crippen LogP contribution in [0.3, 0.4) is 0 Å². The number of hydrogen-bond donors (Lipinski definition) is 1. The van der Waals surface area contributed by atoms with E-state index in [1.165, 1.54) is 32.2 Å². The van der Waals surface area contributed by atoms with Crippen LogP contribution in [-0.2, 0) is 0 Å². The Kier molecular flexibility index (Phi) is 6.12. The fourth-order valence-electron chi connectivity index (χ4n) is 2.52. The number of rotatable bonds is 6. The van der Waals surface area contributed by atoms with Gasteiger partial charge in [0.25, 0.3) is 0 Å². The first-order chi connectivity index (χ1) is 7.61. The summed E-state index contributed by atoms with van der Waals surface area (Å²) in [5.74, 6) is 2.29. The summed E-state index contributed by atoms with van der Waals surface area (Å²) in [5.41, 5.74) is 1.72. The van der Waals surface area contributed by atoms with Crippen molar-refractivity contribution in [3.05, 3.63) is 11.6 Å². The maximum atomic E-state index is 3.62. The highest BCUT2D eigenvalue weighted by Gasteiger charge is 2.19. The minimum Gasteiger partial charge on any atom is -0.316 e. The number of nitrogens with one attached hydrogen (secondary N) is 1. The van der Waals surface area contributed by atoms with Crippen molar-refractivity contribution < 1.29 is 0 Å². The van der Waals surface area contributed by atoms with Crippen LogP contribution in [-0.4, -0.2) is 13.1 Å². The van der Waals surface area contributed by atoms with Crippen LogP contribution < -0.4 is 5.32 Å². The van der Waals surface area contributed by atoms with Gasteiger partial charge in [0.05, 0.1) is 0 Å². The standard InChI is InChI=1S/C15H29N/c1-12(2)10-16-11-15(13(3)4)14-8-6-5-7-9-14/h8,12-13,15-16H,5-7,9-11H2,1-4H3. The lowest BCUT2D eigenvalue weighted by Crippen LogP contribution is -2.30. The van der Waals surface area contributed by atoms with Gasteiger partial charge in [0, 0.05) is 6.54 Å². The molecule has 0 saturated carbocycles. The van der Waals surface area contributed by atoms with E-state index < -0.39 is 0 Å². The second-order valence-corrected chi connectivity index (χ2v) is 5.93. The molecule has 1 heteroatoms. The maximum absolute atomic E-state index is 3.62. The van der Waals surface area contributed by atoms with E-state index in [9.17, 15) is 0 Å². The minimum atomic E-state index is 0.758. The molecule has 0 bridgehead atoms. The van der Waals surface area contributed by atoms with E-state index in [4.69, 9.17) is 0 Å². The van der Waals surface area contributed by atoms with Gasteiger partial charge in [0.15, 0.2) is 0 Å². The highest BCUT2D eigenvalue weighted by Crippen LogP contribution is 2.28. The number of allylic oxidation sites excluding steroid dienone is 1. The lowest BCUT2D eigenvalue weighted by atomic mass is 9.82. The normalized spacial score (nSPS) is 19.0. The maximum Gasteiger partial charge on any atom is 0.00194 e. The Morgan fingerprint density at radius 2 is 1.88 bits per heavy atom. The summed E-state index contributed by atoms with van der Waals surface area (Å²) in [5, 5.41) is 3.62. The van der Waals surface area contributed by atoms with Gasteiger partial charge < -0.3 is 5.32 Å². The van der Waals surface area contributed by atoms with Crippen LogP contribution in [0, 0.1) is 17.8 Å². The third kappa shape index (κ3) is 4.69. The fourth-order valence-corrected chi connectivity index (χ4v) is 2.52. The Bertz CT molecular complexity index is 215. The first-order valence-electron chi connectivity index (χ1n) is 7.01. The zero-order chi connectivity index (χ0) is 12.0. The van der Waals surface area contributed by atoms with E-state index in [1.54, 1.807) is 5.57 Å². The first kappa shape index (κ1) is 13.8. The van der Waals surface area contributed by atoms with Gasteiger partial charge in [-0.3, -0.25) is 0 Å². The average Bonchev–Trinajstić information content (AvgIpc) is 2.25. The Morgan fingerprint density at radius 1 is 1.12 bits per heavy atom. The quantitative estimate of drug-likeness (QED) is 0.671. The molecule has 1 aliphatic carbocycles. The summed E-state index contributed by atoms with van der Waals surface area (Å²) in [7, 11) is 0. The molecular weight excluding hydrogens is 194 g/mol. The van der Waals surface area contributed by atoms with Gasteiger partial charge in [-0.25, -0.2) is 0 Å². The molecule has 0 radical (unpaired) electrons. The molecule has 0 fully saturated rings. The molecule has 1 unspecified atom stereocenters. The molecular formula is C15H29N. The van der Waals surface area contributed by atoms with Gasteiger partial charge in [0.1, 0.15) is 0 Å². The van der Waals surface area contributed by atoms with E-state index in [0.29, 0.717) is 0 Å². The lowest BCUT2D eigenvalue weighted by Gasteiger charge is -2.27. The molecule has 1 N–H and O–H groups in total. The van der Waals surface area contributed by atoms with E-state index in [1.807, 2.05) is 0 Å². The molecule has 1 atom stereocenters. The van der Waals surface area contributed by atoms with Gasteiger partial charge in [-0.2, -0.15) is 0 Å². The van der Waals surface area contributed by atoms with Gasteiger partial charge in [-0.05, 0) is 50.0 Å². The zero-order valence-corrected chi connectivity index (χ0v) is 11.6. The summed E-state index contributed by atoms with van der Waals surface area (Å²) in [6.45, 7) is 11.6. The van der Waals surface area contributed by atoms with Crippen molar-refractivity contribution in [1.29, 1.82) is 0 Å². The molecule has 1 nitrogen and oxygen atoms in total. The van der Waals surface area contributed by atoms with Gasteiger partial charge >= 0.3 is 0 Å². The van der Waals surface area contributed by atoms with Crippen molar-refractivity contribution in [3.63, 3.8) is 0 Å². The van der Waals surface area contributed by atoms with Crippen molar-refractivity contribution in [2.24, 2.45) is 17.8 Å². The van der Waals surface area contributed by atoms with E-state index in [2.05, 4.69) is 39.1 Å². The molecule has 16 heavy (non-hydrogen) atoms. The lowest BCUT2D eigenvalue weighted by molar-refractivity contribution is 0.385. The Balaban J connectivity index is 2.43. The van der Waals surface area contributed by atoms with Crippen LogP contribution in [0.2, 0.25) is 0 Å². The van der Waals surface area contributed by atoms with Crippen molar-refractivity contribution in [3.8, 4) is 0 Å². The smallest absolute Gasteiger partial charge is 0.00194 e. The Hall–Kier alpha value is -0.300. The highest BCUT2D eigenvalue weighted by atomic mass is 14.9. The van der Waals surface area contributed by atoms with E-state index >= 15 is 0 Å². The van der Waals surface area contributed by atoms with Crippen molar-refractivity contribution >= 4 is 0 Å². The van der Waals surface area contributed by atoms with Crippen LogP contribution in [0.25, 0.3) is 0 Å². The molecule has 0 aromatic heterocycles. The van der Waals surface area contributed by atoms with Gasteiger partial charge in [0.2, 0.25) is 0 Å². The predicted octanol–water partition coefficient (Wildman–Crippen LogP) is 4.00. The van der Waals surface area contributed by atoms with Gasteiger partial charge in [-0.15, -0.1) is 0 Å². The van der Waals surface area contributed by atoms with E-state index in [-0.39, 0.29) is 0 Å². The zero-order valence-electron chi connectivity index (χ0n) is 11.6. The van der Waals surface area contributed by atoms with Gasteiger partial charge in [-0.1, -0.05) is 39.3 Å². The fraction of sp³-hybridized carbons (Fsp3) is 0.867. The second kappa shape index (κ2) is 7.11. The molecule has 0 saturated heterocycles. The highest BCUT2D eigenvalue weighted by molar-refractivity contribution is 5.10. The number of hydrogen-bond acceptors (Lipinski definition) is 1. The molecule has 0 aromatic rings. The average molecular weight is 223 g/mol. The molecule has 1 rings (SSSR count). The molecule has 94 valence electrons. The first-order valence-corrected chi connectivity index (χ1v) is 7.01. The van der Waals surface area contributed by atoms with Crippen LogP contribution in [0.5, 0.6) is 0 Å². The molecule has 0 aromatic carbocycles. The Morgan fingerprint density at radius 3 is 2.38 bits per heavy atom. The van der Waals surface area contributed by atoms with E-state index in [0.717, 1.165) is 24.3 Å². The van der Waals surface area contributed by atoms with Crippen LogP contribution in [0.4, 0.5) is 0 Å². The third-order valence-electron chi connectivity index (χ3n) is 3.52. The summed E-state index contributed by atoms with van der Waals surface area (Å²) in [4.78, 5) is 0. The summed E-state index contributed by atoms with van der Waals surface area (Å²) < 4.78 is 0. The summed E-state index contributed by atoms with van der Waals surface area (Å²) in [6, 6.07) is 0. The molecule has 0 spiro atoms. The Labute approximate surface area is 102 Å². The van der Waals surface area contributed by atoms with Crippen LogP contribution in [0.15, 0.2) is 11.6 Å². The largest absolute Gasteiger partial charge is 0.316 e. The minimum absolute atomic E-state index is 0.758. The van der Waals surface area contributed by atoms with Crippen molar-refractivity contribution in [2.75, 3.05) is 13.1 Å². The van der Waals surface area contributed by atoms with Crippen LogP contribution in [0.1, 0.15) is 53.4 Å². The second-order valence-electron chi connectivity index (χ2n) is 5.93. The monoisotopic (exact) mass is 223 g/mol. The molecule has 0 amide bonds. The van der Waals surface area contributed by atoms with Crippen molar-refractivity contribution in [2.45, 2.75) is 53.4 Å². The molecule has 0 aliphatic heterocycles. The molecule has 1 aliphatic rings. The summed E-state index contributed by atoms with van der Waals surface area (Å²) in [6.07, 6.45) is 7.95. The SMILES string of the molecule is CC(C)CNCC(C1=CCCCC1)C(C)C. The molecule has 0 heterocycles. The third-order valence-corrected chi connectivity index (χ3v) is 3.52. The van der Waals surface area contributed by atoms with Crippen LogP contribution >= 0.6 is 0 Å². The topological polar surface area (TPSA) is 12.0 Å². The predicted molar refractivity (Wildman–Crippen MR) is 72.6 cm³/mol. The summed E-state index contributed by atoms with van der Waals surface area (Å²) >= 11 is 0. The van der Waals surface area contributed by atoms with Crippen molar-refractivity contribution in [1.82, 2.24) is 5.32 Å².